The first-order valence-corrected chi connectivity index (χ1v) is 4.84. The number of aryl methyl sites for hydroxylation is 1. The Kier molecular flexibility index (Phi) is 2.21. The molecular weight excluding hydrogens is 178 g/mol. The zero-order valence-electron chi connectivity index (χ0n) is 8.03. The minimum absolute atomic E-state index is 0.0270. The Balaban J connectivity index is 2.38. The molecule has 0 aromatic heterocycles. The van der Waals surface area contributed by atoms with E-state index in [0.717, 1.165) is 24.0 Å². The van der Waals surface area contributed by atoms with Gasteiger partial charge in [0.2, 0.25) is 0 Å². The molecule has 0 aliphatic heterocycles. The summed E-state index contributed by atoms with van der Waals surface area (Å²) in [6.07, 6.45) is 2.17. The smallest absolute Gasteiger partial charge is 0.119 e. The zero-order chi connectivity index (χ0) is 10.2. The molecule has 0 fully saturated rings. The Morgan fingerprint density at radius 1 is 1.43 bits per heavy atom. The van der Waals surface area contributed by atoms with E-state index in [1.165, 1.54) is 0 Å². The summed E-state index contributed by atoms with van der Waals surface area (Å²) in [5, 5.41) is 18.8. The fourth-order valence-corrected chi connectivity index (χ4v) is 2.02. The first-order valence-electron chi connectivity index (χ1n) is 4.84. The first-order chi connectivity index (χ1) is 6.64. The van der Waals surface area contributed by atoms with E-state index in [-0.39, 0.29) is 6.61 Å². The van der Waals surface area contributed by atoms with Gasteiger partial charge in [-0.1, -0.05) is 12.1 Å². The number of aliphatic hydroxyl groups excluding tert-OH is 1. The Labute approximate surface area is 83.2 Å². The molecular formula is C11H15NO2. The lowest BCUT2D eigenvalue weighted by Gasteiger charge is -2.33. The maximum absolute atomic E-state index is 9.65. The third-order valence-electron chi connectivity index (χ3n) is 2.98. The van der Waals surface area contributed by atoms with E-state index in [0.29, 0.717) is 12.2 Å². The van der Waals surface area contributed by atoms with E-state index in [1.807, 2.05) is 12.1 Å². The van der Waals surface area contributed by atoms with Crippen molar-refractivity contribution in [3.05, 3.63) is 29.3 Å². The lowest BCUT2D eigenvalue weighted by Crippen LogP contribution is -2.48. The molecule has 1 aliphatic rings. The molecule has 0 bridgehead atoms. The minimum Gasteiger partial charge on any atom is -0.508 e. The average molecular weight is 193 g/mol. The quantitative estimate of drug-likeness (QED) is 0.611. The maximum atomic E-state index is 9.65. The number of hydrogen-bond acceptors (Lipinski definition) is 3. The number of aromatic hydroxyl groups is 1. The van der Waals surface area contributed by atoms with E-state index in [4.69, 9.17) is 10.8 Å². The number of phenols is 1. The van der Waals surface area contributed by atoms with Crippen molar-refractivity contribution >= 4 is 0 Å². The molecule has 3 nitrogen and oxygen atoms in total. The molecule has 1 aromatic carbocycles. The van der Waals surface area contributed by atoms with Gasteiger partial charge in [0.15, 0.2) is 0 Å². The monoisotopic (exact) mass is 193 g/mol. The predicted molar refractivity (Wildman–Crippen MR) is 54.1 cm³/mol. The van der Waals surface area contributed by atoms with Gasteiger partial charge in [-0.3, -0.25) is 0 Å². The molecule has 4 N–H and O–H groups in total. The summed E-state index contributed by atoms with van der Waals surface area (Å²) in [5.41, 5.74) is 7.48. The van der Waals surface area contributed by atoms with Crippen LogP contribution >= 0.6 is 0 Å². The second-order valence-corrected chi connectivity index (χ2v) is 4.11. The van der Waals surface area contributed by atoms with E-state index in [2.05, 4.69) is 0 Å². The molecule has 76 valence electrons. The molecule has 0 amide bonds. The Hall–Kier alpha value is -1.06. The molecule has 0 radical (unpaired) electrons. The predicted octanol–water partition coefficient (Wildman–Crippen LogP) is 0.571. The van der Waals surface area contributed by atoms with Crippen LogP contribution in [0.25, 0.3) is 0 Å². The van der Waals surface area contributed by atoms with Crippen LogP contribution < -0.4 is 5.73 Å². The number of hydrogen-bond donors (Lipinski definition) is 3. The molecule has 1 aromatic rings. The van der Waals surface area contributed by atoms with Crippen LogP contribution in [-0.4, -0.2) is 22.4 Å². The Bertz CT molecular complexity index is 351. The van der Waals surface area contributed by atoms with Gasteiger partial charge in [0, 0.05) is 5.54 Å². The van der Waals surface area contributed by atoms with Gasteiger partial charge in [-0.25, -0.2) is 0 Å². The Morgan fingerprint density at radius 3 is 2.93 bits per heavy atom. The summed E-state index contributed by atoms with van der Waals surface area (Å²) in [6.45, 7) is -0.0270. The number of rotatable bonds is 1. The molecule has 0 heterocycles. The molecule has 14 heavy (non-hydrogen) atoms. The number of phenolic OH excluding ortho intramolecular Hbond substituents is 1. The minimum atomic E-state index is -0.550. The summed E-state index contributed by atoms with van der Waals surface area (Å²) in [4.78, 5) is 0. The van der Waals surface area contributed by atoms with Crippen molar-refractivity contribution in [1.82, 2.24) is 0 Å². The van der Waals surface area contributed by atoms with E-state index in [1.54, 1.807) is 6.07 Å². The van der Waals surface area contributed by atoms with Crippen molar-refractivity contribution in [3.63, 3.8) is 0 Å². The third-order valence-corrected chi connectivity index (χ3v) is 2.98. The van der Waals surface area contributed by atoms with Gasteiger partial charge in [-0.15, -0.1) is 0 Å². The van der Waals surface area contributed by atoms with Crippen molar-refractivity contribution in [2.75, 3.05) is 6.61 Å². The second-order valence-electron chi connectivity index (χ2n) is 4.11. The topological polar surface area (TPSA) is 66.5 Å². The average Bonchev–Trinajstić information content (AvgIpc) is 2.20. The van der Waals surface area contributed by atoms with Crippen molar-refractivity contribution in [3.8, 4) is 5.75 Å². The van der Waals surface area contributed by atoms with Crippen LogP contribution in [0.2, 0.25) is 0 Å². The highest BCUT2D eigenvalue weighted by Crippen LogP contribution is 2.32. The van der Waals surface area contributed by atoms with Crippen LogP contribution in [0, 0.1) is 0 Å². The zero-order valence-corrected chi connectivity index (χ0v) is 8.03. The molecule has 0 saturated carbocycles. The van der Waals surface area contributed by atoms with Crippen molar-refractivity contribution in [2.45, 2.75) is 24.8 Å². The van der Waals surface area contributed by atoms with Crippen LogP contribution in [0.3, 0.4) is 0 Å². The lowest BCUT2D eigenvalue weighted by atomic mass is 9.79. The normalized spacial score (nSPS) is 25.9. The molecule has 1 unspecified atom stereocenters. The van der Waals surface area contributed by atoms with Gasteiger partial charge >= 0.3 is 0 Å². The standard InChI is InChI=1S/C11H15NO2/c12-11(7-13)5-4-8-2-1-3-10(14)9(8)6-11/h1-3,13-14H,4-7,12H2. The fourth-order valence-electron chi connectivity index (χ4n) is 2.02. The van der Waals surface area contributed by atoms with Crippen molar-refractivity contribution in [1.29, 1.82) is 0 Å². The summed E-state index contributed by atoms with van der Waals surface area (Å²) < 4.78 is 0. The third kappa shape index (κ3) is 1.49. The number of nitrogens with two attached hydrogens (primary N) is 1. The van der Waals surface area contributed by atoms with Gasteiger partial charge in [0.25, 0.3) is 0 Å². The second kappa shape index (κ2) is 3.26. The molecule has 2 rings (SSSR count). The van der Waals surface area contributed by atoms with Gasteiger partial charge in [0.1, 0.15) is 5.75 Å². The van der Waals surface area contributed by atoms with Crippen LogP contribution in [-0.2, 0) is 12.8 Å². The first kappa shape index (κ1) is 9.49. The van der Waals surface area contributed by atoms with Crippen LogP contribution in [0.5, 0.6) is 5.75 Å². The van der Waals surface area contributed by atoms with Gasteiger partial charge in [0.05, 0.1) is 6.61 Å². The summed E-state index contributed by atoms with van der Waals surface area (Å²) >= 11 is 0. The molecule has 0 saturated heterocycles. The number of fused-ring (bicyclic) bond motifs is 1. The summed E-state index contributed by atoms with van der Waals surface area (Å²) in [7, 11) is 0. The highest BCUT2D eigenvalue weighted by molar-refractivity contribution is 5.42. The Morgan fingerprint density at radius 2 is 2.21 bits per heavy atom. The SMILES string of the molecule is NC1(CO)CCc2cccc(O)c2C1. The number of benzene rings is 1. The maximum Gasteiger partial charge on any atom is 0.119 e. The molecule has 3 heteroatoms. The number of aliphatic hydroxyl groups is 1. The van der Waals surface area contributed by atoms with E-state index < -0.39 is 5.54 Å². The highest BCUT2D eigenvalue weighted by Gasteiger charge is 2.30. The van der Waals surface area contributed by atoms with Gasteiger partial charge in [-0.2, -0.15) is 0 Å². The van der Waals surface area contributed by atoms with Gasteiger partial charge in [-0.05, 0) is 36.5 Å². The lowest BCUT2D eigenvalue weighted by molar-refractivity contribution is 0.180. The molecule has 1 aliphatic carbocycles. The van der Waals surface area contributed by atoms with Crippen molar-refractivity contribution < 1.29 is 10.2 Å². The van der Waals surface area contributed by atoms with E-state index in [9.17, 15) is 5.11 Å². The summed E-state index contributed by atoms with van der Waals surface area (Å²) in [6, 6.07) is 5.52. The summed E-state index contributed by atoms with van der Waals surface area (Å²) in [5.74, 6) is 0.297. The van der Waals surface area contributed by atoms with E-state index >= 15 is 0 Å². The van der Waals surface area contributed by atoms with Crippen molar-refractivity contribution in [2.24, 2.45) is 5.73 Å². The fraction of sp³-hybridized carbons (Fsp3) is 0.455. The molecule has 1 atom stereocenters. The highest BCUT2D eigenvalue weighted by atomic mass is 16.3. The van der Waals surface area contributed by atoms with Crippen LogP contribution in [0.1, 0.15) is 17.5 Å². The van der Waals surface area contributed by atoms with Gasteiger partial charge < -0.3 is 15.9 Å². The van der Waals surface area contributed by atoms with Crippen LogP contribution in [0.4, 0.5) is 0 Å². The largest absolute Gasteiger partial charge is 0.508 e. The van der Waals surface area contributed by atoms with Crippen LogP contribution in [0.15, 0.2) is 18.2 Å². The molecule has 0 spiro atoms.